The average molecular weight is 1280 g/mol. The summed E-state index contributed by atoms with van der Waals surface area (Å²) in [5.74, 6) is -1.50. The number of rotatable bonds is 34. The van der Waals surface area contributed by atoms with E-state index >= 15 is 0 Å². The number of aliphatic hydroxyl groups excluding tert-OH is 2. The monoisotopic (exact) mass is 1280 g/mol. The molecule has 3 fully saturated rings. The molecule has 0 aromatic heterocycles. The van der Waals surface area contributed by atoms with Crippen molar-refractivity contribution < 1.29 is 86.2 Å². The summed E-state index contributed by atoms with van der Waals surface area (Å²) in [5, 5.41) is 26.3. The minimum Gasteiger partial charge on any atom is -0.463 e. The summed E-state index contributed by atoms with van der Waals surface area (Å²) < 4.78 is 90.0. The maximum absolute atomic E-state index is 13.1. The standard InChI is InChI=1S/C72H89NO18Si/c1-49(74)36-37-60(76)82-48-57-62(77)63(78)61(73-50(2)75)70(87-57)90-64-59(47-80-41-52-26-14-7-15-27-52)89-72(69(86-45-56-34-22-11-23-35-56)67(64)84-43-54-30-18-9-19-31-54)91-65-58(46-79-40-51-24-12-6-13-25-51)88-71(81-38-39-92(3,4)5)68(85-44-55-32-20-10-21-33-55)66(65)83-42-53-28-16-8-17-29-53/h6-35,57-59,61-72,77-78H,36-48H2,1-5H3,(H,73,75). The molecule has 15 atom stereocenters. The van der Waals surface area contributed by atoms with Crippen LogP contribution in [0, 0.1) is 0 Å². The van der Waals surface area contributed by atoms with Crippen LogP contribution in [0.2, 0.25) is 25.7 Å². The van der Waals surface area contributed by atoms with E-state index in [-0.39, 0.29) is 71.5 Å². The minimum absolute atomic E-state index is 0.000526. The molecule has 494 valence electrons. The molecule has 15 unspecified atom stereocenters. The molecule has 3 N–H and O–H groups in total. The molecular weight excluding hydrogens is 1190 g/mol. The van der Waals surface area contributed by atoms with E-state index in [9.17, 15) is 24.6 Å². The number of carbonyl (C=O) groups excluding carboxylic acids is 3. The van der Waals surface area contributed by atoms with E-state index < -0.39 is 119 Å². The zero-order chi connectivity index (χ0) is 64.7. The largest absolute Gasteiger partial charge is 0.463 e. The predicted octanol–water partition coefficient (Wildman–Crippen LogP) is 9.20. The Balaban J connectivity index is 1.16. The van der Waals surface area contributed by atoms with Crippen molar-refractivity contribution >= 4 is 25.7 Å². The van der Waals surface area contributed by atoms with E-state index in [4.69, 9.17) is 61.6 Å². The quantitative estimate of drug-likeness (QED) is 0.0253. The topological polar surface area (TPSA) is 224 Å². The van der Waals surface area contributed by atoms with Gasteiger partial charge >= 0.3 is 5.97 Å². The Labute approximate surface area is 540 Å². The Morgan fingerprint density at radius 3 is 1.20 bits per heavy atom. The molecule has 0 bridgehead atoms. The number of hydrogen-bond acceptors (Lipinski definition) is 18. The first-order valence-corrected chi connectivity index (χ1v) is 35.4. The Morgan fingerprint density at radius 2 is 0.793 bits per heavy atom. The van der Waals surface area contributed by atoms with Crippen LogP contribution in [0.15, 0.2) is 182 Å². The molecule has 3 saturated heterocycles. The molecule has 0 radical (unpaired) electrons. The molecule has 0 aliphatic carbocycles. The van der Waals surface area contributed by atoms with Crippen LogP contribution in [0.5, 0.6) is 0 Å². The highest BCUT2D eigenvalue weighted by Crippen LogP contribution is 2.38. The Bertz CT molecular complexity index is 3100. The van der Waals surface area contributed by atoms with Gasteiger partial charge in [-0.25, -0.2) is 0 Å². The lowest BCUT2D eigenvalue weighted by Crippen LogP contribution is -2.69. The van der Waals surface area contributed by atoms with Crippen LogP contribution in [-0.2, 0) is 116 Å². The van der Waals surface area contributed by atoms with Crippen LogP contribution in [0.1, 0.15) is 60.1 Å². The highest BCUT2D eigenvalue weighted by atomic mass is 28.3. The number of aliphatic hydroxyl groups is 2. The normalized spacial score (nSPS) is 26.6. The molecule has 6 aromatic carbocycles. The minimum atomic E-state index is -1.72. The summed E-state index contributed by atoms with van der Waals surface area (Å²) in [6, 6.07) is 57.7. The van der Waals surface area contributed by atoms with Gasteiger partial charge in [0.2, 0.25) is 5.91 Å². The number of amides is 1. The first-order chi connectivity index (χ1) is 44.6. The van der Waals surface area contributed by atoms with Crippen molar-refractivity contribution in [1.29, 1.82) is 0 Å². The third-order valence-electron chi connectivity index (χ3n) is 16.0. The van der Waals surface area contributed by atoms with Crippen molar-refractivity contribution in [3.63, 3.8) is 0 Å². The molecule has 6 aromatic rings. The van der Waals surface area contributed by atoms with Crippen molar-refractivity contribution in [2.24, 2.45) is 0 Å². The van der Waals surface area contributed by atoms with Gasteiger partial charge in [-0.15, -0.1) is 0 Å². The predicted molar refractivity (Wildman–Crippen MR) is 343 cm³/mol. The second-order valence-corrected chi connectivity index (χ2v) is 30.3. The van der Waals surface area contributed by atoms with Crippen LogP contribution >= 0.6 is 0 Å². The zero-order valence-corrected chi connectivity index (χ0v) is 54.1. The van der Waals surface area contributed by atoms with E-state index in [0.717, 1.165) is 39.4 Å². The van der Waals surface area contributed by atoms with E-state index in [1.165, 1.54) is 13.8 Å². The van der Waals surface area contributed by atoms with Crippen LogP contribution < -0.4 is 5.32 Å². The average Bonchev–Trinajstić information content (AvgIpc) is 0.777. The second kappa shape index (κ2) is 35.7. The number of Topliss-reactive ketones (excluding diaryl/α,β-unsaturated/α-hetero) is 1. The van der Waals surface area contributed by atoms with E-state index in [1.54, 1.807) is 0 Å². The van der Waals surface area contributed by atoms with Gasteiger partial charge < -0.3 is 81.9 Å². The van der Waals surface area contributed by atoms with Crippen molar-refractivity contribution in [1.82, 2.24) is 5.32 Å². The van der Waals surface area contributed by atoms with Gasteiger partial charge in [-0.1, -0.05) is 202 Å². The Kier molecular flexibility index (Phi) is 27.2. The van der Waals surface area contributed by atoms with E-state index in [0.29, 0.717) is 6.61 Å². The summed E-state index contributed by atoms with van der Waals surface area (Å²) in [6.07, 6.45) is -17.6. The van der Waals surface area contributed by atoms with Crippen molar-refractivity contribution in [2.45, 2.75) is 184 Å². The molecule has 9 rings (SSSR count). The van der Waals surface area contributed by atoms with Gasteiger partial charge in [0.1, 0.15) is 85.6 Å². The third-order valence-corrected chi connectivity index (χ3v) is 17.7. The molecule has 0 saturated carbocycles. The van der Waals surface area contributed by atoms with Crippen LogP contribution in [0.3, 0.4) is 0 Å². The van der Waals surface area contributed by atoms with Crippen molar-refractivity contribution in [3.8, 4) is 0 Å². The van der Waals surface area contributed by atoms with Crippen LogP contribution in [-0.4, -0.2) is 154 Å². The summed E-state index contributed by atoms with van der Waals surface area (Å²) in [7, 11) is -1.64. The van der Waals surface area contributed by atoms with E-state index in [2.05, 4.69) is 25.0 Å². The fourth-order valence-electron chi connectivity index (χ4n) is 11.0. The molecule has 3 aliphatic rings. The maximum atomic E-state index is 13.1. The number of hydrogen-bond donors (Lipinski definition) is 3. The molecule has 92 heavy (non-hydrogen) atoms. The van der Waals surface area contributed by atoms with Gasteiger partial charge in [0, 0.05) is 28.0 Å². The first kappa shape index (κ1) is 69.9. The number of nitrogens with one attached hydrogen (secondary N) is 1. The zero-order valence-electron chi connectivity index (χ0n) is 53.1. The van der Waals surface area contributed by atoms with Gasteiger partial charge in [0.15, 0.2) is 18.9 Å². The first-order valence-electron chi connectivity index (χ1n) is 31.7. The lowest BCUT2D eigenvalue weighted by Gasteiger charge is -2.51. The molecule has 3 aliphatic heterocycles. The molecule has 1 amide bonds. The fourth-order valence-corrected chi connectivity index (χ4v) is 11.8. The van der Waals surface area contributed by atoms with Crippen LogP contribution in [0.25, 0.3) is 0 Å². The smallest absolute Gasteiger partial charge is 0.306 e. The number of ketones is 1. The lowest BCUT2D eigenvalue weighted by atomic mass is 9.94. The number of carbonyl (C=O) groups is 3. The Morgan fingerprint density at radius 1 is 0.424 bits per heavy atom. The molecular formula is C72H89NO18Si. The van der Waals surface area contributed by atoms with Gasteiger partial charge in [-0.05, 0) is 46.3 Å². The van der Waals surface area contributed by atoms with Gasteiger partial charge in [0.25, 0.3) is 0 Å². The highest BCUT2D eigenvalue weighted by molar-refractivity contribution is 6.76. The SMILES string of the molecule is CC(=O)CCC(=O)OCC1OC(OC2C(COCc3ccccc3)OC(OC3C(COCc4ccccc4)OC(OCC[Si](C)(C)C)C(OCc4ccccc4)C3OCc3ccccc3)C(OCc3ccccc3)C2OCc2ccccc2)C(NC(C)=O)C(O)C1O. The Hall–Kier alpha value is -6.41. The number of benzene rings is 6. The summed E-state index contributed by atoms with van der Waals surface area (Å²) in [4.78, 5) is 37.8. The van der Waals surface area contributed by atoms with Crippen molar-refractivity contribution in [2.75, 3.05) is 26.4 Å². The number of esters is 1. The summed E-state index contributed by atoms with van der Waals surface area (Å²) in [5.41, 5.74) is 5.22. The highest BCUT2D eigenvalue weighted by Gasteiger charge is 2.57. The molecule has 20 heteroatoms. The third kappa shape index (κ3) is 21.6. The maximum Gasteiger partial charge on any atom is 0.306 e. The molecule has 3 heterocycles. The van der Waals surface area contributed by atoms with Crippen LogP contribution in [0.4, 0.5) is 0 Å². The lowest BCUT2D eigenvalue weighted by molar-refractivity contribution is -0.387. The fraction of sp³-hybridized carbons (Fsp3) is 0.458. The molecule has 19 nitrogen and oxygen atoms in total. The van der Waals surface area contributed by atoms with Gasteiger partial charge in [-0.2, -0.15) is 0 Å². The van der Waals surface area contributed by atoms with E-state index in [1.807, 2.05) is 182 Å². The summed E-state index contributed by atoms with van der Waals surface area (Å²) >= 11 is 0. The second-order valence-electron chi connectivity index (χ2n) is 24.7. The summed E-state index contributed by atoms with van der Waals surface area (Å²) in [6.45, 7) is 9.92. The van der Waals surface area contributed by atoms with Gasteiger partial charge in [0.05, 0.1) is 59.3 Å². The van der Waals surface area contributed by atoms with Gasteiger partial charge in [-0.3, -0.25) is 9.59 Å². The molecule has 0 spiro atoms. The number of ether oxygens (including phenoxy) is 13. The van der Waals surface area contributed by atoms with Crippen molar-refractivity contribution in [3.05, 3.63) is 215 Å².